The molecule has 1 amide bonds. The van der Waals surface area contributed by atoms with Crippen molar-refractivity contribution in [3.05, 3.63) is 29.8 Å². The highest BCUT2D eigenvalue weighted by atomic mass is 16.4. The van der Waals surface area contributed by atoms with Crippen molar-refractivity contribution in [1.82, 2.24) is 0 Å². The van der Waals surface area contributed by atoms with Crippen molar-refractivity contribution in [3.8, 4) is 0 Å². The summed E-state index contributed by atoms with van der Waals surface area (Å²) in [6.45, 7) is 3.89. The van der Waals surface area contributed by atoms with Crippen LogP contribution in [-0.2, 0) is 4.79 Å². The molecule has 0 aliphatic carbocycles. The fraction of sp³-hybridized carbons (Fsp3) is 0.385. The molecule has 4 N–H and O–H groups in total. The van der Waals surface area contributed by atoms with E-state index in [4.69, 9.17) is 10.8 Å². The number of carbonyl (C=O) groups is 2. The lowest BCUT2D eigenvalue weighted by atomic mass is 9.99. The van der Waals surface area contributed by atoms with Gasteiger partial charge < -0.3 is 16.2 Å². The standard InChI is InChI=1S/C13H18N2O3/c1-3-8(2)11(14)12(16)15-10-6-4-9(5-7-10)13(17)18/h4-8,11H,3,14H2,1-2H3,(H,15,16)(H,17,18)/t8?,11-/m0/s1. The van der Waals surface area contributed by atoms with Gasteiger partial charge in [0.05, 0.1) is 11.6 Å². The van der Waals surface area contributed by atoms with Gasteiger partial charge in [-0.15, -0.1) is 0 Å². The minimum Gasteiger partial charge on any atom is -0.478 e. The number of carboxylic acids is 1. The van der Waals surface area contributed by atoms with Crippen LogP contribution >= 0.6 is 0 Å². The summed E-state index contributed by atoms with van der Waals surface area (Å²) in [6, 6.07) is 5.41. The van der Waals surface area contributed by atoms with Gasteiger partial charge in [0.1, 0.15) is 0 Å². The van der Waals surface area contributed by atoms with Crippen molar-refractivity contribution in [1.29, 1.82) is 0 Å². The summed E-state index contributed by atoms with van der Waals surface area (Å²) in [4.78, 5) is 22.4. The highest BCUT2D eigenvalue weighted by Crippen LogP contribution is 2.12. The lowest BCUT2D eigenvalue weighted by Gasteiger charge is -2.17. The summed E-state index contributed by atoms with van der Waals surface area (Å²) in [7, 11) is 0. The largest absolute Gasteiger partial charge is 0.478 e. The molecule has 2 atom stereocenters. The van der Waals surface area contributed by atoms with Crippen molar-refractivity contribution in [2.45, 2.75) is 26.3 Å². The van der Waals surface area contributed by atoms with Crippen molar-refractivity contribution < 1.29 is 14.7 Å². The number of nitrogens with two attached hydrogens (primary N) is 1. The number of hydrogen-bond donors (Lipinski definition) is 3. The van der Waals surface area contributed by atoms with Crippen LogP contribution in [0.4, 0.5) is 5.69 Å². The van der Waals surface area contributed by atoms with Gasteiger partial charge in [-0.1, -0.05) is 20.3 Å². The van der Waals surface area contributed by atoms with Crippen LogP contribution in [0.25, 0.3) is 0 Å². The minimum absolute atomic E-state index is 0.100. The minimum atomic E-state index is -0.996. The van der Waals surface area contributed by atoms with Crippen molar-refractivity contribution in [2.75, 3.05) is 5.32 Å². The van der Waals surface area contributed by atoms with Gasteiger partial charge in [-0.25, -0.2) is 4.79 Å². The van der Waals surface area contributed by atoms with E-state index in [0.717, 1.165) is 6.42 Å². The molecule has 1 aromatic carbocycles. The number of anilines is 1. The van der Waals surface area contributed by atoms with Crippen molar-refractivity contribution >= 4 is 17.6 Å². The van der Waals surface area contributed by atoms with Crippen LogP contribution in [0.1, 0.15) is 30.6 Å². The predicted molar refractivity (Wildman–Crippen MR) is 69.5 cm³/mol. The Morgan fingerprint density at radius 1 is 1.33 bits per heavy atom. The van der Waals surface area contributed by atoms with Crippen LogP contribution in [0.5, 0.6) is 0 Å². The van der Waals surface area contributed by atoms with Crippen LogP contribution in [0.2, 0.25) is 0 Å². The maximum Gasteiger partial charge on any atom is 0.335 e. The first-order valence-electron chi connectivity index (χ1n) is 5.85. The molecule has 0 fully saturated rings. The Bertz CT molecular complexity index is 428. The van der Waals surface area contributed by atoms with Crippen LogP contribution in [-0.4, -0.2) is 23.0 Å². The number of carbonyl (C=O) groups excluding carboxylic acids is 1. The van der Waals surface area contributed by atoms with Crippen LogP contribution < -0.4 is 11.1 Å². The SMILES string of the molecule is CCC(C)[C@H](N)C(=O)Nc1ccc(C(=O)O)cc1. The first kappa shape index (κ1) is 14.2. The number of hydrogen-bond acceptors (Lipinski definition) is 3. The molecule has 18 heavy (non-hydrogen) atoms. The van der Waals surface area contributed by atoms with E-state index in [1.807, 2.05) is 13.8 Å². The van der Waals surface area contributed by atoms with Gasteiger partial charge >= 0.3 is 5.97 Å². The van der Waals surface area contributed by atoms with Gasteiger partial charge in [0.15, 0.2) is 0 Å². The number of carboxylic acid groups (broad SMARTS) is 1. The van der Waals surface area contributed by atoms with Gasteiger partial charge in [-0.2, -0.15) is 0 Å². The fourth-order valence-corrected chi connectivity index (χ4v) is 1.43. The van der Waals surface area contributed by atoms with Crippen molar-refractivity contribution in [2.24, 2.45) is 11.7 Å². The predicted octanol–water partition coefficient (Wildman–Crippen LogP) is 1.70. The molecule has 0 aromatic heterocycles. The van der Waals surface area contributed by atoms with E-state index in [2.05, 4.69) is 5.32 Å². The van der Waals surface area contributed by atoms with Crippen LogP contribution in [0, 0.1) is 5.92 Å². The monoisotopic (exact) mass is 250 g/mol. The zero-order valence-electron chi connectivity index (χ0n) is 10.5. The second-order valence-corrected chi connectivity index (χ2v) is 4.28. The summed E-state index contributed by atoms with van der Waals surface area (Å²) in [5.41, 5.74) is 6.52. The Balaban J connectivity index is 2.67. The first-order valence-corrected chi connectivity index (χ1v) is 5.85. The molecule has 0 aliphatic heterocycles. The molecular weight excluding hydrogens is 232 g/mol. The summed E-state index contributed by atoms with van der Waals surface area (Å²) in [6.07, 6.45) is 0.826. The molecule has 0 aliphatic rings. The highest BCUT2D eigenvalue weighted by molar-refractivity contribution is 5.95. The second-order valence-electron chi connectivity index (χ2n) is 4.28. The van der Waals surface area contributed by atoms with E-state index in [9.17, 15) is 9.59 Å². The molecule has 0 heterocycles. The summed E-state index contributed by atoms with van der Waals surface area (Å²) in [5.74, 6) is -1.15. The molecule has 0 saturated heterocycles. The lowest BCUT2D eigenvalue weighted by Crippen LogP contribution is -2.40. The van der Waals surface area contributed by atoms with Gasteiger partial charge in [0, 0.05) is 5.69 Å². The first-order chi connectivity index (χ1) is 8.45. The normalized spacial score (nSPS) is 13.7. The van der Waals surface area contributed by atoms with E-state index < -0.39 is 12.0 Å². The lowest BCUT2D eigenvalue weighted by molar-refractivity contribution is -0.118. The van der Waals surface area contributed by atoms with E-state index in [1.54, 1.807) is 12.1 Å². The maximum absolute atomic E-state index is 11.8. The Hall–Kier alpha value is -1.88. The Morgan fingerprint density at radius 3 is 2.33 bits per heavy atom. The van der Waals surface area contributed by atoms with E-state index in [1.165, 1.54) is 12.1 Å². The van der Waals surface area contributed by atoms with Crippen LogP contribution in [0.15, 0.2) is 24.3 Å². The van der Waals surface area contributed by atoms with Gasteiger partial charge in [-0.05, 0) is 30.2 Å². The summed E-state index contributed by atoms with van der Waals surface area (Å²) >= 11 is 0. The topological polar surface area (TPSA) is 92.4 Å². The number of nitrogens with one attached hydrogen (secondary N) is 1. The highest BCUT2D eigenvalue weighted by Gasteiger charge is 2.19. The molecule has 0 spiro atoms. The summed E-state index contributed by atoms with van der Waals surface area (Å²) in [5, 5.41) is 11.4. The molecule has 1 unspecified atom stereocenters. The molecule has 5 nitrogen and oxygen atoms in total. The number of benzene rings is 1. The van der Waals surface area contributed by atoms with Gasteiger partial charge in [0.25, 0.3) is 0 Å². The van der Waals surface area contributed by atoms with E-state index in [0.29, 0.717) is 5.69 Å². The third-order valence-corrected chi connectivity index (χ3v) is 2.96. The Kier molecular flexibility index (Phi) is 4.85. The van der Waals surface area contributed by atoms with E-state index >= 15 is 0 Å². The summed E-state index contributed by atoms with van der Waals surface area (Å²) < 4.78 is 0. The zero-order valence-corrected chi connectivity index (χ0v) is 10.5. The third kappa shape index (κ3) is 3.56. The van der Waals surface area contributed by atoms with E-state index in [-0.39, 0.29) is 17.4 Å². The quantitative estimate of drug-likeness (QED) is 0.741. The number of amides is 1. The average Bonchev–Trinajstić information content (AvgIpc) is 2.37. The molecule has 5 heteroatoms. The molecule has 0 bridgehead atoms. The molecule has 1 aromatic rings. The fourth-order valence-electron chi connectivity index (χ4n) is 1.43. The molecule has 98 valence electrons. The zero-order chi connectivity index (χ0) is 13.7. The van der Waals surface area contributed by atoms with Crippen molar-refractivity contribution in [3.63, 3.8) is 0 Å². The molecule has 0 saturated carbocycles. The Labute approximate surface area is 106 Å². The molecule has 1 rings (SSSR count). The smallest absolute Gasteiger partial charge is 0.335 e. The number of aromatic carboxylic acids is 1. The van der Waals surface area contributed by atoms with Gasteiger partial charge in [-0.3, -0.25) is 4.79 Å². The van der Waals surface area contributed by atoms with Gasteiger partial charge in [0.2, 0.25) is 5.91 Å². The molecule has 0 radical (unpaired) electrons. The number of rotatable bonds is 5. The maximum atomic E-state index is 11.8. The third-order valence-electron chi connectivity index (χ3n) is 2.96. The average molecular weight is 250 g/mol. The molecular formula is C13H18N2O3. The van der Waals surface area contributed by atoms with Crippen LogP contribution in [0.3, 0.4) is 0 Å². The second kappa shape index (κ2) is 6.16. The Morgan fingerprint density at radius 2 is 1.89 bits per heavy atom.